The monoisotopic (exact) mass is 337 g/mol. The molecule has 3 aromatic rings. The predicted octanol–water partition coefficient (Wildman–Crippen LogP) is 3.92. The van der Waals surface area contributed by atoms with Crippen LogP contribution in [-0.4, -0.2) is 30.4 Å². The molecular formula is C20H19NO4. The minimum Gasteiger partial charge on any atom is -0.493 e. The van der Waals surface area contributed by atoms with Gasteiger partial charge in [-0.15, -0.1) is 0 Å². The number of aromatic nitrogens is 1. The molecule has 0 saturated heterocycles. The van der Waals surface area contributed by atoms with E-state index < -0.39 is 0 Å². The summed E-state index contributed by atoms with van der Waals surface area (Å²) in [6.45, 7) is 0.0267. The fourth-order valence-corrected chi connectivity index (χ4v) is 2.34. The molecule has 0 fully saturated rings. The second-order valence-corrected chi connectivity index (χ2v) is 5.19. The van der Waals surface area contributed by atoms with Crippen LogP contribution in [0, 0.1) is 0 Å². The number of aliphatic hydroxyl groups is 1. The summed E-state index contributed by atoms with van der Waals surface area (Å²) in [6.07, 6.45) is 0. The van der Waals surface area contributed by atoms with Crippen LogP contribution in [0.15, 0.2) is 66.7 Å². The third-order valence-electron chi connectivity index (χ3n) is 3.51. The van der Waals surface area contributed by atoms with Crippen LogP contribution in [0.2, 0.25) is 0 Å². The number of para-hydroxylation sites is 2. The molecule has 0 aliphatic carbocycles. The average Bonchev–Trinajstić information content (AvgIpc) is 2.68. The van der Waals surface area contributed by atoms with Gasteiger partial charge in [-0.2, -0.15) is 0 Å². The van der Waals surface area contributed by atoms with Crippen molar-refractivity contribution in [2.75, 3.05) is 20.3 Å². The van der Waals surface area contributed by atoms with Gasteiger partial charge in [-0.05, 0) is 24.3 Å². The Morgan fingerprint density at radius 2 is 1.56 bits per heavy atom. The smallest absolute Gasteiger partial charge is 0.258 e. The summed E-state index contributed by atoms with van der Waals surface area (Å²) in [7, 11) is 1.59. The zero-order valence-electron chi connectivity index (χ0n) is 13.9. The van der Waals surface area contributed by atoms with Crippen molar-refractivity contribution >= 4 is 0 Å². The molecule has 0 aliphatic rings. The van der Waals surface area contributed by atoms with Gasteiger partial charge in [0.2, 0.25) is 0 Å². The van der Waals surface area contributed by atoms with Crippen LogP contribution in [0.4, 0.5) is 0 Å². The Morgan fingerprint density at radius 3 is 2.28 bits per heavy atom. The van der Waals surface area contributed by atoms with Crippen LogP contribution >= 0.6 is 0 Å². The molecule has 25 heavy (non-hydrogen) atoms. The van der Waals surface area contributed by atoms with E-state index in [1.807, 2.05) is 54.6 Å². The van der Waals surface area contributed by atoms with Gasteiger partial charge < -0.3 is 19.3 Å². The number of hydrogen-bond acceptors (Lipinski definition) is 5. The molecule has 0 atom stereocenters. The lowest BCUT2D eigenvalue weighted by molar-refractivity contribution is 0.192. The van der Waals surface area contributed by atoms with Crippen LogP contribution in [0.25, 0.3) is 11.3 Å². The standard InChI is InChI=1S/C20H19NO4/c1-23-17-9-5-6-10-18(17)25-19-12-11-16(15-7-3-2-4-8-15)21-20(19)24-14-13-22/h2-12,22H,13-14H2,1H3. The molecule has 2 aromatic carbocycles. The van der Waals surface area contributed by atoms with Crippen LogP contribution in [-0.2, 0) is 0 Å². The Labute approximate surface area is 146 Å². The molecule has 128 valence electrons. The Morgan fingerprint density at radius 1 is 0.840 bits per heavy atom. The van der Waals surface area contributed by atoms with Crippen molar-refractivity contribution in [3.63, 3.8) is 0 Å². The predicted molar refractivity (Wildman–Crippen MR) is 95.3 cm³/mol. The minimum atomic E-state index is -0.106. The Hall–Kier alpha value is -3.05. The first-order chi connectivity index (χ1) is 12.3. The van der Waals surface area contributed by atoms with E-state index >= 15 is 0 Å². The van der Waals surface area contributed by atoms with Gasteiger partial charge in [0.25, 0.3) is 5.88 Å². The lowest BCUT2D eigenvalue weighted by Gasteiger charge is -2.14. The van der Waals surface area contributed by atoms with Gasteiger partial charge in [-0.3, -0.25) is 0 Å². The van der Waals surface area contributed by atoms with E-state index in [-0.39, 0.29) is 13.2 Å². The molecular weight excluding hydrogens is 318 g/mol. The van der Waals surface area contributed by atoms with Crippen LogP contribution < -0.4 is 14.2 Å². The van der Waals surface area contributed by atoms with E-state index in [1.165, 1.54) is 0 Å². The zero-order valence-corrected chi connectivity index (χ0v) is 13.9. The van der Waals surface area contributed by atoms with Gasteiger partial charge in [0.1, 0.15) is 6.61 Å². The van der Waals surface area contributed by atoms with E-state index in [4.69, 9.17) is 19.3 Å². The minimum absolute atomic E-state index is 0.106. The van der Waals surface area contributed by atoms with Gasteiger partial charge >= 0.3 is 0 Å². The maximum absolute atomic E-state index is 9.06. The summed E-state index contributed by atoms with van der Waals surface area (Å²) < 4.78 is 16.8. The average molecular weight is 337 g/mol. The highest BCUT2D eigenvalue weighted by Crippen LogP contribution is 2.36. The Kier molecular flexibility index (Phi) is 5.49. The fraction of sp³-hybridized carbons (Fsp3) is 0.150. The van der Waals surface area contributed by atoms with Gasteiger partial charge in [-0.1, -0.05) is 42.5 Å². The molecule has 0 aliphatic heterocycles. The van der Waals surface area contributed by atoms with Crippen molar-refractivity contribution in [2.24, 2.45) is 0 Å². The molecule has 1 heterocycles. The molecule has 5 nitrogen and oxygen atoms in total. The normalized spacial score (nSPS) is 10.3. The number of rotatable bonds is 7. The molecule has 1 aromatic heterocycles. The number of benzene rings is 2. The molecule has 0 radical (unpaired) electrons. The van der Waals surface area contributed by atoms with Crippen molar-refractivity contribution in [3.8, 4) is 34.4 Å². The number of ether oxygens (including phenoxy) is 3. The van der Waals surface area contributed by atoms with Crippen molar-refractivity contribution in [1.29, 1.82) is 0 Å². The molecule has 1 N–H and O–H groups in total. The quantitative estimate of drug-likeness (QED) is 0.708. The van der Waals surface area contributed by atoms with Gasteiger partial charge in [-0.25, -0.2) is 4.98 Å². The van der Waals surface area contributed by atoms with Crippen LogP contribution in [0.1, 0.15) is 0 Å². The van der Waals surface area contributed by atoms with E-state index in [0.29, 0.717) is 23.1 Å². The van der Waals surface area contributed by atoms with Gasteiger partial charge in [0, 0.05) is 5.56 Å². The van der Waals surface area contributed by atoms with E-state index in [1.54, 1.807) is 19.2 Å². The topological polar surface area (TPSA) is 60.8 Å². The summed E-state index contributed by atoms with van der Waals surface area (Å²) in [4.78, 5) is 4.53. The van der Waals surface area contributed by atoms with Gasteiger partial charge in [0.15, 0.2) is 17.2 Å². The van der Waals surface area contributed by atoms with Crippen LogP contribution in [0.5, 0.6) is 23.1 Å². The number of nitrogens with zero attached hydrogens (tertiary/aromatic N) is 1. The second-order valence-electron chi connectivity index (χ2n) is 5.19. The Bertz CT molecular complexity index is 821. The summed E-state index contributed by atoms with van der Waals surface area (Å²) in [5.41, 5.74) is 1.74. The molecule has 0 spiro atoms. The van der Waals surface area contributed by atoms with Crippen molar-refractivity contribution < 1.29 is 19.3 Å². The fourth-order valence-electron chi connectivity index (χ4n) is 2.34. The summed E-state index contributed by atoms with van der Waals surface area (Å²) in [5, 5.41) is 9.06. The van der Waals surface area contributed by atoms with E-state index in [0.717, 1.165) is 11.3 Å². The summed E-state index contributed by atoms with van der Waals surface area (Å²) in [5.74, 6) is 1.95. The van der Waals surface area contributed by atoms with Crippen LogP contribution in [0.3, 0.4) is 0 Å². The van der Waals surface area contributed by atoms with E-state index in [2.05, 4.69) is 4.98 Å². The SMILES string of the molecule is COc1ccccc1Oc1ccc(-c2ccccc2)nc1OCCO. The second kappa shape index (κ2) is 8.17. The molecule has 0 saturated carbocycles. The van der Waals surface area contributed by atoms with Crippen molar-refractivity contribution in [2.45, 2.75) is 0 Å². The van der Waals surface area contributed by atoms with Crippen molar-refractivity contribution in [1.82, 2.24) is 4.98 Å². The lowest BCUT2D eigenvalue weighted by atomic mass is 10.1. The zero-order chi connectivity index (χ0) is 17.5. The largest absolute Gasteiger partial charge is 0.493 e. The van der Waals surface area contributed by atoms with Crippen molar-refractivity contribution in [3.05, 3.63) is 66.7 Å². The maximum Gasteiger partial charge on any atom is 0.258 e. The number of hydrogen-bond donors (Lipinski definition) is 1. The molecule has 5 heteroatoms. The van der Waals surface area contributed by atoms with E-state index in [9.17, 15) is 0 Å². The molecule has 0 bridgehead atoms. The summed E-state index contributed by atoms with van der Waals surface area (Å²) >= 11 is 0. The highest BCUT2D eigenvalue weighted by molar-refractivity contribution is 5.61. The Balaban J connectivity index is 1.95. The first-order valence-corrected chi connectivity index (χ1v) is 7.93. The first-order valence-electron chi connectivity index (χ1n) is 7.93. The number of methoxy groups -OCH3 is 1. The first kappa shape index (κ1) is 16.8. The molecule has 3 rings (SSSR count). The van der Waals surface area contributed by atoms with Gasteiger partial charge in [0.05, 0.1) is 19.4 Å². The highest BCUT2D eigenvalue weighted by atomic mass is 16.5. The summed E-state index contributed by atoms with van der Waals surface area (Å²) in [6, 6.07) is 20.8. The highest BCUT2D eigenvalue weighted by Gasteiger charge is 2.13. The third kappa shape index (κ3) is 4.08. The number of pyridine rings is 1. The molecule has 0 amide bonds. The molecule has 0 unspecified atom stereocenters. The third-order valence-corrected chi connectivity index (χ3v) is 3.51. The maximum atomic E-state index is 9.06. The number of aliphatic hydroxyl groups excluding tert-OH is 1. The lowest BCUT2D eigenvalue weighted by Crippen LogP contribution is -2.05.